The summed E-state index contributed by atoms with van der Waals surface area (Å²) < 4.78 is 11.7. The molecule has 3 rings (SSSR count). The highest BCUT2D eigenvalue weighted by molar-refractivity contribution is 5.74. The molecule has 1 aliphatic rings. The lowest BCUT2D eigenvalue weighted by atomic mass is 10.0. The molecule has 2 aromatic carbocycles. The molecule has 3 N–H and O–H groups in total. The molecule has 2 aromatic rings. The fraction of sp³-hybridized carbons (Fsp3) is 0.167. The van der Waals surface area contributed by atoms with E-state index in [-0.39, 0.29) is 18.1 Å². The van der Waals surface area contributed by atoms with E-state index in [9.17, 15) is 20.1 Å². The van der Waals surface area contributed by atoms with Crippen LogP contribution in [0.1, 0.15) is 17.2 Å². The highest BCUT2D eigenvalue weighted by Gasteiger charge is 2.33. The van der Waals surface area contributed by atoms with Crippen LogP contribution < -0.4 is 9.47 Å². The van der Waals surface area contributed by atoms with E-state index >= 15 is 0 Å². The number of hydrogen-bond acceptors (Lipinski definition) is 6. The van der Waals surface area contributed by atoms with Crippen LogP contribution in [-0.4, -0.2) is 34.3 Å². The number of phenolic OH excluding ortho intramolecular Hbond substituents is 2. The Labute approximate surface area is 138 Å². The number of aldehydes is 1. The minimum absolute atomic E-state index is 0.233. The van der Waals surface area contributed by atoms with Crippen molar-refractivity contribution >= 4 is 12.4 Å². The quantitative estimate of drug-likeness (QED) is 0.452. The summed E-state index contributed by atoms with van der Waals surface area (Å²) in [4.78, 5) is 10.4. The number of carbonyl (C=O) groups is 1. The van der Waals surface area contributed by atoms with E-state index in [2.05, 4.69) is 0 Å². The molecule has 0 aliphatic carbocycles. The molecule has 124 valence electrons. The number of aromatic hydroxyl groups is 2. The number of ether oxygens (including phenoxy) is 2. The predicted octanol–water partition coefficient (Wildman–Crippen LogP) is 2.18. The van der Waals surface area contributed by atoms with Crippen LogP contribution in [-0.2, 0) is 4.79 Å². The molecule has 6 nitrogen and oxygen atoms in total. The number of phenols is 2. The van der Waals surface area contributed by atoms with Crippen molar-refractivity contribution < 1.29 is 29.6 Å². The van der Waals surface area contributed by atoms with Gasteiger partial charge in [0, 0.05) is 5.56 Å². The minimum atomic E-state index is -0.674. The maximum Gasteiger partial charge on any atom is 0.163 e. The van der Waals surface area contributed by atoms with E-state index in [4.69, 9.17) is 9.47 Å². The van der Waals surface area contributed by atoms with Crippen LogP contribution >= 0.6 is 0 Å². The number of rotatable bonds is 4. The molecule has 0 saturated carbocycles. The summed E-state index contributed by atoms with van der Waals surface area (Å²) in [7, 11) is 0. The van der Waals surface area contributed by atoms with Crippen LogP contribution in [0.3, 0.4) is 0 Å². The number of fused-ring (bicyclic) bond motifs is 1. The standard InChI is InChI=1S/C18H16O6/c19-7-1-2-11-3-6-15-16(8-11)23-17(10-20)18(24-15)12-4-5-13(21)14(22)9-12/h1-9,17-18,20-22H,10H2/t17-,18-/m0/s1. The van der Waals surface area contributed by atoms with Crippen molar-refractivity contribution in [2.75, 3.05) is 6.61 Å². The minimum Gasteiger partial charge on any atom is -0.504 e. The molecule has 0 fully saturated rings. The van der Waals surface area contributed by atoms with Crippen molar-refractivity contribution in [3.05, 3.63) is 53.6 Å². The van der Waals surface area contributed by atoms with Gasteiger partial charge in [-0.2, -0.15) is 0 Å². The van der Waals surface area contributed by atoms with Crippen molar-refractivity contribution in [3.63, 3.8) is 0 Å². The molecule has 6 heteroatoms. The summed E-state index contributed by atoms with van der Waals surface area (Å²) in [6, 6.07) is 9.51. The van der Waals surface area contributed by atoms with Gasteiger partial charge in [0.2, 0.25) is 0 Å². The van der Waals surface area contributed by atoms with Crippen LogP contribution in [0.4, 0.5) is 0 Å². The second-order valence-electron chi connectivity index (χ2n) is 5.33. The van der Waals surface area contributed by atoms with E-state index in [1.807, 2.05) is 0 Å². The van der Waals surface area contributed by atoms with Crippen LogP contribution in [0.5, 0.6) is 23.0 Å². The SMILES string of the molecule is O=CC=Cc1ccc2c(c1)O[C@@H](CO)[C@H](c1ccc(O)c(O)c1)O2. The van der Waals surface area contributed by atoms with E-state index in [1.165, 1.54) is 18.2 Å². The van der Waals surface area contributed by atoms with Gasteiger partial charge in [0.25, 0.3) is 0 Å². The Hall–Kier alpha value is -2.99. The van der Waals surface area contributed by atoms with Gasteiger partial charge >= 0.3 is 0 Å². The van der Waals surface area contributed by atoms with Crippen molar-refractivity contribution in [1.29, 1.82) is 0 Å². The number of carbonyl (C=O) groups excluding carboxylic acids is 1. The first-order valence-electron chi connectivity index (χ1n) is 7.34. The van der Waals surface area contributed by atoms with Crippen LogP contribution in [0.2, 0.25) is 0 Å². The summed E-state index contributed by atoms with van der Waals surface area (Å²) in [5, 5.41) is 28.7. The molecular weight excluding hydrogens is 312 g/mol. The van der Waals surface area contributed by atoms with Gasteiger partial charge in [-0.15, -0.1) is 0 Å². The van der Waals surface area contributed by atoms with Crippen LogP contribution in [0.15, 0.2) is 42.5 Å². The van der Waals surface area contributed by atoms with Gasteiger partial charge in [0.05, 0.1) is 6.61 Å². The fourth-order valence-electron chi connectivity index (χ4n) is 2.54. The van der Waals surface area contributed by atoms with E-state index in [0.29, 0.717) is 23.3 Å². The Morgan fingerprint density at radius 1 is 1.00 bits per heavy atom. The Bertz CT molecular complexity index is 783. The lowest BCUT2D eigenvalue weighted by Crippen LogP contribution is -2.36. The highest BCUT2D eigenvalue weighted by Crippen LogP contribution is 2.41. The van der Waals surface area contributed by atoms with Gasteiger partial charge in [-0.05, 0) is 35.9 Å². The zero-order chi connectivity index (χ0) is 17.1. The van der Waals surface area contributed by atoms with Crippen molar-refractivity contribution in [3.8, 4) is 23.0 Å². The molecule has 0 amide bonds. The molecule has 0 spiro atoms. The van der Waals surface area contributed by atoms with Crippen LogP contribution in [0.25, 0.3) is 6.08 Å². The molecule has 0 aromatic heterocycles. The lowest BCUT2D eigenvalue weighted by molar-refractivity contribution is -0.104. The van der Waals surface area contributed by atoms with E-state index in [0.717, 1.165) is 5.56 Å². The second-order valence-corrected chi connectivity index (χ2v) is 5.33. The van der Waals surface area contributed by atoms with Gasteiger partial charge in [-0.1, -0.05) is 18.2 Å². The van der Waals surface area contributed by atoms with Crippen molar-refractivity contribution in [2.24, 2.45) is 0 Å². The lowest BCUT2D eigenvalue weighted by Gasteiger charge is -2.33. The largest absolute Gasteiger partial charge is 0.504 e. The topological polar surface area (TPSA) is 96.2 Å². The monoisotopic (exact) mass is 328 g/mol. The number of allylic oxidation sites excluding steroid dienone is 1. The fourth-order valence-corrected chi connectivity index (χ4v) is 2.54. The number of aliphatic hydroxyl groups is 1. The van der Waals surface area contributed by atoms with Crippen LogP contribution in [0, 0.1) is 0 Å². The smallest absolute Gasteiger partial charge is 0.163 e. The first kappa shape index (κ1) is 15.9. The molecule has 24 heavy (non-hydrogen) atoms. The summed E-state index contributed by atoms with van der Waals surface area (Å²) in [6.45, 7) is -0.292. The zero-order valence-electron chi connectivity index (χ0n) is 12.6. The first-order chi connectivity index (χ1) is 11.6. The van der Waals surface area contributed by atoms with Gasteiger partial charge < -0.3 is 24.8 Å². The summed E-state index contributed by atoms with van der Waals surface area (Å²) in [6.07, 6.45) is 2.38. The highest BCUT2D eigenvalue weighted by atomic mass is 16.6. The molecule has 1 heterocycles. The predicted molar refractivity (Wildman–Crippen MR) is 86.2 cm³/mol. The number of aliphatic hydroxyl groups excluding tert-OH is 1. The number of hydrogen-bond donors (Lipinski definition) is 3. The van der Waals surface area contributed by atoms with Gasteiger partial charge in [-0.3, -0.25) is 4.79 Å². The molecule has 1 aliphatic heterocycles. The third-order valence-electron chi connectivity index (χ3n) is 3.71. The van der Waals surface area contributed by atoms with E-state index in [1.54, 1.807) is 30.3 Å². The first-order valence-corrected chi connectivity index (χ1v) is 7.34. The normalized spacial score (nSPS) is 19.4. The maximum atomic E-state index is 10.4. The van der Waals surface area contributed by atoms with Crippen molar-refractivity contribution in [1.82, 2.24) is 0 Å². The summed E-state index contributed by atoms with van der Waals surface area (Å²) in [5.74, 6) is 0.442. The zero-order valence-corrected chi connectivity index (χ0v) is 12.6. The van der Waals surface area contributed by atoms with Crippen molar-refractivity contribution in [2.45, 2.75) is 12.2 Å². The summed E-state index contributed by atoms with van der Waals surface area (Å²) >= 11 is 0. The Morgan fingerprint density at radius 3 is 2.54 bits per heavy atom. The van der Waals surface area contributed by atoms with E-state index < -0.39 is 12.2 Å². The average molecular weight is 328 g/mol. The molecule has 0 radical (unpaired) electrons. The Morgan fingerprint density at radius 2 is 1.83 bits per heavy atom. The maximum absolute atomic E-state index is 10.4. The Balaban J connectivity index is 1.93. The molecule has 0 bridgehead atoms. The Kier molecular flexibility index (Phi) is 4.39. The number of benzene rings is 2. The average Bonchev–Trinajstić information content (AvgIpc) is 2.61. The van der Waals surface area contributed by atoms with Gasteiger partial charge in [-0.25, -0.2) is 0 Å². The molecule has 0 saturated heterocycles. The van der Waals surface area contributed by atoms with Gasteiger partial charge in [0.15, 0.2) is 35.2 Å². The third-order valence-corrected chi connectivity index (χ3v) is 3.71. The second kappa shape index (κ2) is 6.64. The molecule has 2 atom stereocenters. The van der Waals surface area contributed by atoms with Gasteiger partial charge in [0.1, 0.15) is 6.29 Å². The summed E-state index contributed by atoms with van der Waals surface area (Å²) in [5.41, 5.74) is 1.33. The molecule has 0 unspecified atom stereocenters. The molecular formula is C18H16O6. The third kappa shape index (κ3) is 3.04.